The number of H-pyrrole nitrogens is 1. The van der Waals surface area contributed by atoms with E-state index in [1.54, 1.807) is 11.4 Å². The van der Waals surface area contributed by atoms with Crippen molar-refractivity contribution < 1.29 is 4.79 Å². The number of nitrogens with zero attached hydrogens (tertiary/aromatic N) is 1. The zero-order valence-electron chi connectivity index (χ0n) is 9.17. The first-order chi connectivity index (χ1) is 8.61. The number of carbonyl (C=O) groups excluding carboxylic acids is 1. The Morgan fingerprint density at radius 2 is 2.17 bits per heavy atom. The van der Waals surface area contributed by atoms with Gasteiger partial charge in [-0.3, -0.25) is 24.9 Å². The Labute approximate surface area is 105 Å². The number of nitrogens with two attached hydrogens (primary N) is 1. The second-order valence-corrected chi connectivity index (χ2v) is 4.40. The van der Waals surface area contributed by atoms with E-state index in [1.807, 2.05) is 5.43 Å². The van der Waals surface area contributed by atoms with E-state index < -0.39 is 5.91 Å². The van der Waals surface area contributed by atoms with Crippen molar-refractivity contribution in [2.24, 2.45) is 5.84 Å². The SMILES string of the molecule is NNC(=O)c1sccc1Cn1[nH]c(=O)ccc1=O. The molecule has 0 aliphatic rings. The maximum Gasteiger partial charge on any atom is 0.275 e. The van der Waals surface area contributed by atoms with Gasteiger partial charge < -0.3 is 0 Å². The van der Waals surface area contributed by atoms with Crippen LogP contribution in [-0.2, 0) is 6.54 Å². The summed E-state index contributed by atoms with van der Waals surface area (Å²) in [5.41, 5.74) is 1.92. The van der Waals surface area contributed by atoms with Gasteiger partial charge in [-0.2, -0.15) is 0 Å². The topological polar surface area (TPSA) is 110 Å². The van der Waals surface area contributed by atoms with E-state index in [9.17, 15) is 14.4 Å². The first-order valence-corrected chi connectivity index (χ1v) is 5.87. The number of thiophene rings is 1. The summed E-state index contributed by atoms with van der Waals surface area (Å²) in [4.78, 5) is 34.5. The molecule has 2 rings (SSSR count). The summed E-state index contributed by atoms with van der Waals surface area (Å²) in [5, 5.41) is 4.10. The predicted octanol–water partition coefficient (Wildman–Crippen LogP) is -0.750. The molecule has 18 heavy (non-hydrogen) atoms. The fourth-order valence-electron chi connectivity index (χ4n) is 1.48. The molecule has 7 nitrogen and oxygen atoms in total. The van der Waals surface area contributed by atoms with Crippen LogP contribution >= 0.6 is 11.3 Å². The third kappa shape index (κ3) is 2.39. The molecule has 0 aliphatic carbocycles. The van der Waals surface area contributed by atoms with E-state index in [-0.39, 0.29) is 17.7 Å². The minimum atomic E-state index is -0.425. The van der Waals surface area contributed by atoms with Gasteiger partial charge in [0, 0.05) is 12.1 Å². The smallest absolute Gasteiger partial charge is 0.275 e. The van der Waals surface area contributed by atoms with Gasteiger partial charge >= 0.3 is 0 Å². The second kappa shape index (κ2) is 4.98. The molecule has 0 radical (unpaired) electrons. The highest BCUT2D eigenvalue weighted by molar-refractivity contribution is 7.12. The summed E-state index contributed by atoms with van der Waals surface area (Å²) >= 11 is 1.21. The van der Waals surface area contributed by atoms with Gasteiger partial charge in [-0.05, 0) is 17.0 Å². The van der Waals surface area contributed by atoms with E-state index >= 15 is 0 Å². The average Bonchev–Trinajstić information content (AvgIpc) is 2.81. The van der Waals surface area contributed by atoms with Crippen LogP contribution in [0.4, 0.5) is 0 Å². The van der Waals surface area contributed by atoms with Crippen LogP contribution in [-0.4, -0.2) is 15.7 Å². The van der Waals surface area contributed by atoms with Crippen LogP contribution in [0, 0.1) is 0 Å². The molecule has 2 aromatic heterocycles. The molecule has 2 aromatic rings. The summed E-state index contributed by atoms with van der Waals surface area (Å²) in [6, 6.07) is 4.03. The molecule has 0 atom stereocenters. The van der Waals surface area contributed by atoms with Crippen LogP contribution in [0.2, 0.25) is 0 Å². The molecule has 1 amide bonds. The van der Waals surface area contributed by atoms with Crippen molar-refractivity contribution >= 4 is 17.2 Å². The van der Waals surface area contributed by atoms with E-state index in [2.05, 4.69) is 5.10 Å². The molecule has 0 spiro atoms. The lowest BCUT2D eigenvalue weighted by Crippen LogP contribution is -2.31. The molecule has 0 bridgehead atoms. The van der Waals surface area contributed by atoms with Crippen molar-refractivity contribution in [3.8, 4) is 0 Å². The predicted molar refractivity (Wildman–Crippen MR) is 66.4 cm³/mol. The van der Waals surface area contributed by atoms with Gasteiger partial charge in [0.05, 0.1) is 11.4 Å². The molecule has 8 heteroatoms. The summed E-state index contributed by atoms with van der Waals surface area (Å²) in [7, 11) is 0. The first kappa shape index (κ1) is 12.3. The Kier molecular flexibility index (Phi) is 3.40. The van der Waals surface area contributed by atoms with E-state index in [0.717, 1.165) is 10.7 Å². The number of aromatic nitrogens is 2. The molecule has 4 N–H and O–H groups in total. The number of hydrazine groups is 1. The minimum absolute atomic E-state index is 0.112. The van der Waals surface area contributed by atoms with Crippen LogP contribution in [0.15, 0.2) is 33.2 Å². The highest BCUT2D eigenvalue weighted by atomic mass is 32.1. The summed E-state index contributed by atoms with van der Waals surface area (Å²) in [5.74, 6) is 4.64. The lowest BCUT2D eigenvalue weighted by atomic mass is 10.2. The normalized spacial score (nSPS) is 10.3. The van der Waals surface area contributed by atoms with Crippen molar-refractivity contribution in [3.05, 3.63) is 54.7 Å². The fourth-order valence-corrected chi connectivity index (χ4v) is 2.29. The average molecular weight is 266 g/mol. The van der Waals surface area contributed by atoms with Crippen LogP contribution < -0.4 is 22.4 Å². The molecule has 0 unspecified atom stereocenters. The van der Waals surface area contributed by atoms with Gasteiger partial charge in [0.25, 0.3) is 17.0 Å². The van der Waals surface area contributed by atoms with E-state index in [1.165, 1.54) is 17.4 Å². The number of aromatic amines is 1. The molecular weight excluding hydrogens is 256 g/mol. The standard InChI is InChI=1S/C10H10N4O3S/c11-12-10(17)9-6(3-4-18-9)5-14-8(16)2-1-7(15)13-14/h1-4H,5,11H2,(H,12,17)(H,13,15). The van der Waals surface area contributed by atoms with Crippen LogP contribution in [0.5, 0.6) is 0 Å². The number of rotatable bonds is 3. The van der Waals surface area contributed by atoms with Gasteiger partial charge in [-0.15, -0.1) is 11.3 Å². The van der Waals surface area contributed by atoms with Gasteiger partial charge in [0.1, 0.15) is 0 Å². The molecule has 0 aromatic carbocycles. The Morgan fingerprint density at radius 1 is 1.39 bits per heavy atom. The molecule has 94 valence electrons. The van der Waals surface area contributed by atoms with Gasteiger partial charge in [0.15, 0.2) is 0 Å². The number of carbonyl (C=O) groups is 1. The summed E-state index contributed by atoms with van der Waals surface area (Å²) in [6.45, 7) is 0.112. The third-order valence-electron chi connectivity index (χ3n) is 2.30. The zero-order chi connectivity index (χ0) is 13.1. The van der Waals surface area contributed by atoms with Gasteiger partial charge in [-0.25, -0.2) is 10.5 Å². The first-order valence-electron chi connectivity index (χ1n) is 4.99. The van der Waals surface area contributed by atoms with Crippen molar-refractivity contribution in [1.82, 2.24) is 15.2 Å². The number of amides is 1. The number of nitrogen functional groups attached to an aromatic ring is 1. The Hall–Kier alpha value is -2.19. The molecule has 0 saturated heterocycles. The van der Waals surface area contributed by atoms with Gasteiger partial charge in [-0.1, -0.05) is 0 Å². The van der Waals surface area contributed by atoms with Crippen molar-refractivity contribution in [2.45, 2.75) is 6.54 Å². The maximum absolute atomic E-state index is 11.5. The Balaban J connectivity index is 2.38. The molecule has 0 aliphatic heterocycles. The number of nitrogens with one attached hydrogen (secondary N) is 2. The second-order valence-electron chi connectivity index (χ2n) is 3.48. The van der Waals surface area contributed by atoms with E-state index in [4.69, 9.17) is 5.84 Å². The lowest BCUT2D eigenvalue weighted by molar-refractivity contribution is 0.0956. The minimum Gasteiger partial charge on any atom is -0.289 e. The van der Waals surface area contributed by atoms with E-state index in [0.29, 0.717) is 10.4 Å². The molecular formula is C10H10N4O3S. The van der Waals surface area contributed by atoms with Crippen LogP contribution in [0.25, 0.3) is 0 Å². The Bertz CT molecular complexity index is 685. The summed E-state index contributed by atoms with van der Waals surface area (Å²) < 4.78 is 1.14. The summed E-state index contributed by atoms with van der Waals surface area (Å²) in [6.07, 6.45) is 0. The highest BCUT2D eigenvalue weighted by Gasteiger charge is 2.12. The van der Waals surface area contributed by atoms with Crippen molar-refractivity contribution in [2.75, 3.05) is 0 Å². The van der Waals surface area contributed by atoms with Gasteiger partial charge in [0.2, 0.25) is 0 Å². The fraction of sp³-hybridized carbons (Fsp3) is 0.100. The monoisotopic (exact) mass is 266 g/mol. The maximum atomic E-state index is 11.5. The number of hydrogen-bond donors (Lipinski definition) is 3. The van der Waals surface area contributed by atoms with Crippen LogP contribution in [0.3, 0.4) is 0 Å². The number of hydrogen-bond acceptors (Lipinski definition) is 5. The molecule has 0 fully saturated rings. The van der Waals surface area contributed by atoms with Crippen molar-refractivity contribution in [1.29, 1.82) is 0 Å². The van der Waals surface area contributed by atoms with Crippen molar-refractivity contribution in [3.63, 3.8) is 0 Å². The largest absolute Gasteiger partial charge is 0.289 e. The highest BCUT2D eigenvalue weighted by Crippen LogP contribution is 2.16. The third-order valence-corrected chi connectivity index (χ3v) is 3.26. The Morgan fingerprint density at radius 3 is 2.89 bits per heavy atom. The zero-order valence-corrected chi connectivity index (χ0v) is 9.99. The molecule has 2 heterocycles. The van der Waals surface area contributed by atoms with Crippen LogP contribution in [0.1, 0.15) is 15.2 Å². The lowest BCUT2D eigenvalue weighted by Gasteiger charge is -2.05. The quantitative estimate of drug-likeness (QED) is 0.385. The molecule has 0 saturated carbocycles.